The number of nitrogens with zero attached hydrogens (tertiary/aromatic N) is 3. The molecule has 1 fully saturated rings. The van der Waals surface area contributed by atoms with Gasteiger partial charge in [0.2, 0.25) is 5.91 Å². The summed E-state index contributed by atoms with van der Waals surface area (Å²) in [7, 11) is 1.85. The lowest BCUT2D eigenvalue weighted by molar-refractivity contribution is -0.134. The van der Waals surface area contributed by atoms with E-state index in [4.69, 9.17) is 11.2 Å². The Hall–Kier alpha value is -3.63. The third-order valence-electron chi connectivity index (χ3n) is 5.68. The van der Waals surface area contributed by atoms with E-state index >= 15 is 0 Å². The maximum absolute atomic E-state index is 13.5. The van der Waals surface area contributed by atoms with Gasteiger partial charge in [0.15, 0.2) is 5.54 Å². The van der Waals surface area contributed by atoms with Crippen molar-refractivity contribution < 1.29 is 14.3 Å². The first-order chi connectivity index (χ1) is 15.0. The van der Waals surface area contributed by atoms with Crippen molar-refractivity contribution in [2.75, 3.05) is 18.1 Å². The number of hydrogen-bond acceptors (Lipinski definition) is 4. The number of fused-ring (bicyclic) bond motifs is 1. The van der Waals surface area contributed by atoms with Crippen molar-refractivity contribution in [3.8, 4) is 12.3 Å². The van der Waals surface area contributed by atoms with Crippen molar-refractivity contribution >= 4 is 28.4 Å². The normalized spacial score (nSPS) is 18.3. The second-order valence-corrected chi connectivity index (χ2v) is 7.65. The van der Waals surface area contributed by atoms with Gasteiger partial charge in [-0.2, -0.15) is 5.10 Å². The van der Waals surface area contributed by atoms with Gasteiger partial charge in [-0.05, 0) is 42.5 Å². The molecule has 1 atom stereocenters. The van der Waals surface area contributed by atoms with Crippen molar-refractivity contribution in [2.45, 2.75) is 24.9 Å². The number of hydrogen-bond donors (Lipinski definition) is 1. The van der Waals surface area contributed by atoms with E-state index in [9.17, 15) is 9.59 Å². The molecule has 0 bridgehead atoms. The Bertz CT molecular complexity index is 1140. The minimum absolute atomic E-state index is 0.0755. The fourth-order valence-electron chi connectivity index (χ4n) is 4.09. The lowest BCUT2D eigenvalue weighted by atomic mass is 9.88. The van der Waals surface area contributed by atoms with E-state index in [1.54, 1.807) is 16.9 Å². The summed E-state index contributed by atoms with van der Waals surface area (Å²) in [4.78, 5) is 27.9. The van der Waals surface area contributed by atoms with Gasteiger partial charge in [-0.1, -0.05) is 30.3 Å². The highest BCUT2D eigenvalue weighted by Crippen LogP contribution is 2.34. The van der Waals surface area contributed by atoms with Crippen LogP contribution in [-0.4, -0.2) is 40.3 Å². The van der Waals surface area contributed by atoms with E-state index in [-0.39, 0.29) is 12.5 Å². The number of aromatic nitrogens is 2. The molecule has 0 radical (unpaired) electrons. The second-order valence-electron chi connectivity index (χ2n) is 7.65. The SMILES string of the molecule is C#CC(=O)N(c1ccc2c(cnn2C)c1)C1(C(=O)NCc2ccccc2)CCCOC1. The van der Waals surface area contributed by atoms with Gasteiger partial charge in [0, 0.05) is 31.3 Å². The first kappa shape index (κ1) is 20.6. The summed E-state index contributed by atoms with van der Waals surface area (Å²) < 4.78 is 7.46. The summed E-state index contributed by atoms with van der Waals surface area (Å²) in [5.74, 6) is 1.33. The van der Waals surface area contributed by atoms with Crippen LogP contribution in [0.3, 0.4) is 0 Å². The first-order valence-electron chi connectivity index (χ1n) is 10.2. The molecule has 1 unspecified atom stereocenters. The Morgan fingerprint density at radius 1 is 1.29 bits per heavy atom. The Morgan fingerprint density at radius 3 is 2.81 bits per heavy atom. The molecule has 1 aromatic heterocycles. The Morgan fingerprint density at radius 2 is 2.10 bits per heavy atom. The third kappa shape index (κ3) is 3.90. The van der Waals surface area contributed by atoms with E-state index < -0.39 is 11.4 Å². The summed E-state index contributed by atoms with van der Waals surface area (Å²) in [6.45, 7) is 0.959. The highest BCUT2D eigenvalue weighted by molar-refractivity contribution is 6.12. The van der Waals surface area contributed by atoms with Gasteiger partial charge in [0.05, 0.1) is 18.3 Å². The summed E-state index contributed by atoms with van der Waals surface area (Å²) in [5, 5.41) is 8.09. The van der Waals surface area contributed by atoms with Gasteiger partial charge in [-0.3, -0.25) is 19.2 Å². The molecule has 3 aromatic rings. The average molecular weight is 416 g/mol. The molecule has 31 heavy (non-hydrogen) atoms. The summed E-state index contributed by atoms with van der Waals surface area (Å²) in [5.41, 5.74) is 1.20. The lowest BCUT2D eigenvalue weighted by Crippen LogP contribution is -2.65. The number of benzene rings is 2. The quantitative estimate of drug-likeness (QED) is 0.648. The molecule has 7 heteroatoms. The number of nitrogens with one attached hydrogen (secondary N) is 1. The number of aryl methyl sites for hydroxylation is 1. The van der Waals surface area contributed by atoms with Gasteiger partial charge in [-0.15, -0.1) is 6.42 Å². The number of carbonyl (C=O) groups excluding carboxylic acids is 2. The maximum atomic E-state index is 13.5. The Balaban J connectivity index is 1.73. The number of anilines is 1. The van der Waals surface area contributed by atoms with E-state index in [1.807, 2.05) is 49.5 Å². The number of rotatable bonds is 5. The molecule has 2 amide bonds. The van der Waals surface area contributed by atoms with Crippen molar-refractivity contribution in [3.05, 3.63) is 60.3 Å². The third-order valence-corrected chi connectivity index (χ3v) is 5.68. The average Bonchev–Trinajstić information content (AvgIpc) is 3.18. The van der Waals surface area contributed by atoms with Crippen molar-refractivity contribution in [1.82, 2.24) is 15.1 Å². The zero-order valence-electron chi connectivity index (χ0n) is 17.4. The smallest absolute Gasteiger partial charge is 0.303 e. The maximum Gasteiger partial charge on any atom is 0.303 e. The molecule has 4 rings (SSSR count). The van der Waals surface area contributed by atoms with Gasteiger partial charge in [-0.25, -0.2) is 0 Å². The predicted octanol–water partition coefficient (Wildman–Crippen LogP) is 2.41. The van der Waals surface area contributed by atoms with Crippen LogP contribution < -0.4 is 10.2 Å². The molecule has 1 N–H and O–H groups in total. The molecule has 0 saturated carbocycles. The van der Waals surface area contributed by atoms with E-state index in [0.717, 1.165) is 16.5 Å². The summed E-state index contributed by atoms with van der Waals surface area (Å²) in [6.07, 6.45) is 8.34. The van der Waals surface area contributed by atoms with Crippen molar-refractivity contribution in [2.24, 2.45) is 7.05 Å². The Kier molecular flexibility index (Phi) is 5.74. The number of ether oxygens (including phenoxy) is 1. The Labute approximate surface area is 181 Å². The van der Waals surface area contributed by atoms with Crippen LogP contribution in [0.15, 0.2) is 54.7 Å². The minimum atomic E-state index is -1.23. The van der Waals surface area contributed by atoms with Gasteiger partial charge < -0.3 is 10.1 Å². The standard InChI is InChI=1S/C24H24N4O3/c1-3-22(29)28(20-10-11-21-19(14-20)16-26-27(21)2)24(12-7-13-31-17-24)23(30)25-15-18-8-5-4-6-9-18/h1,4-6,8-11,14,16H,7,12-13,15,17H2,2H3,(H,25,30). The molecule has 1 aliphatic heterocycles. The number of amides is 2. The van der Waals surface area contributed by atoms with E-state index in [2.05, 4.69) is 16.3 Å². The second kappa shape index (κ2) is 8.62. The zero-order valence-corrected chi connectivity index (χ0v) is 17.4. The molecule has 0 spiro atoms. The van der Waals surface area contributed by atoms with E-state index in [1.165, 1.54) is 4.90 Å². The van der Waals surface area contributed by atoms with Crippen molar-refractivity contribution in [1.29, 1.82) is 0 Å². The topological polar surface area (TPSA) is 76.5 Å². The summed E-state index contributed by atoms with van der Waals surface area (Å²) >= 11 is 0. The first-order valence-corrected chi connectivity index (χ1v) is 10.2. The van der Waals surface area contributed by atoms with Crippen LogP contribution in [0.25, 0.3) is 10.9 Å². The fraction of sp³-hybridized carbons (Fsp3) is 0.292. The molecular formula is C24H24N4O3. The fourth-order valence-corrected chi connectivity index (χ4v) is 4.09. The van der Waals surface area contributed by atoms with Crippen LogP contribution >= 0.6 is 0 Å². The molecule has 1 aliphatic rings. The minimum Gasteiger partial charge on any atom is -0.378 e. The monoisotopic (exact) mass is 416 g/mol. The van der Waals surface area contributed by atoms with Crippen LogP contribution in [0.5, 0.6) is 0 Å². The lowest BCUT2D eigenvalue weighted by Gasteiger charge is -2.43. The van der Waals surface area contributed by atoms with Crippen LogP contribution in [0.1, 0.15) is 18.4 Å². The number of terminal acetylenes is 1. The van der Waals surface area contributed by atoms with Crippen LogP contribution in [0, 0.1) is 12.3 Å². The molecule has 2 heterocycles. The summed E-state index contributed by atoms with van der Waals surface area (Å²) in [6, 6.07) is 15.1. The molecule has 158 valence electrons. The zero-order chi connectivity index (χ0) is 21.8. The molecular weight excluding hydrogens is 392 g/mol. The molecule has 7 nitrogen and oxygen atoms in total. The van der Waals surface area contributed by atoms with Gasteiger partial charge in [0.1, 0.15) is 0 Å². The van der Waals surface area contributed by atoms with Crippen molar-refractivity contribution in [3.63, 3.8) is 0 Å². The van der Waals surface area contributed by atoms with Gasteiger partial charge >= 0.3 is 5.91 Å². The number of carbonyl (C=O) groups is 2. The van der Waals surface area contributed by atoms with E-state index in [0.29, 0.717) is 31.7 Å². The highest BCUT2D eigenvalue weighted by atomic mass is 16.5. The molecule has 0 aliphatic carbocycles. The van der Waals surface area contributed by atoms with Gasteiger partial charge in [0.25, 0.3) is 0 Å². The van der Waals surface area contributed by atoms with Crippen LogP contribution in [0.2, 0.25) is 0 Å². The van der Waals surface area contributed by atoms with Crippen LogP contribution in [0.4, 0.5) is 5.69 Å². The highest BCUT2D eigenvalue weighted by Gasteiger charge is 2.48. The molecule has 1 saturated heterocycles. The molecule has 2 aromatic carbocycles. The largest absolute Gasteiger partial charge is 0.378 e. The predicted molar refractivity (Wildman–Crippen MR) is 118 cm³/mol. The van der Waals surface area contributed by atoms with Crippen LogP contribution in [-0.2, 0) is 27.9 Å².